The molecule has 0 saturated heterocycles. The van der Waals surface area contributed by atoms with Crippen LogP contribution in [0, 0.1) is 0 Å². The van der Waals surface area contributed by atoms with Crippen LogP contribution in [0.5, 0.6) is 5.75 Å². The van der Waals surface area contributed by atoms with E-state index in [4.69, 9.17) is 4.74 Å². The van der Waals surface area contributed by atoms with Crippen LogP contribution in [-0.2, 0) is 14.3 Å². The molecule has 0 atom stereocenters. The number of benzene rings is 1. The number of ether oxygens (including phenoxy) is 2. The number of rotatable bonds is 3. The summed E-state index contributed by atoms with van der Waals surface area (Å²) in [6.45, 7) is 2.48. The number of amides is 1. The molecule has 2 rings (SSSR count). The first-order valence-electron chi connectivity index (χ1n) is 5.56. The summed E-state index contributed by atoms with van der Waals surface area (Å²) < 4.78 is 10.6. The Bertz CT molecular complexity index is 623. The second kappa shape index (κ2) is 5.66. The Morgan fingerprint density at radius 1 is 1.42 bits per heavy atom. The van der Waals surface area contributed by atoms with Crippen molar-refractivity contribution in [2.24, 2.45) is 0 Å². The Morgan fingerprint density at radius 3 is 2.89 bits per heavy atom. The standard InChI is InChI=1S/C12H12N2O4S/c1-3-18-7-4-5-8-9(6-7)19-12(13-8)14-10(15)11(16)17-2/h4-6H,3H2,1-2H3,(H,13,14,15). The maximum atomic E-state index is 11.3. The lowest BCUT2D eigenvalue weighted by Crippen LogP contribution is -2.23. The molecular weight excluding hydrogens is 268 g/mol. The predicted molar refractivity (Wildman–Crippen MR) is 71.4 cm³/mol. The van der Waals surface area contributed by atoms with E-state index in [1.807, 2.05) is 13.0 Å². The van der Waals surface area contributed by atoms with Crippen LogP contribution in [0.3, 0.4) is 0 Å². The second-order valence-corrected chi connectivity index (χ2v) is 4.56. The summed E-state index contributed by atoms with van der Waals surface area (Å²) in [5, 5.41) is 2.73. The number of hydrogen-bond donors (Lipinski definition) is 1. The first kappa shape index (κ1) is 13.3. The first-order chi connectivity index (χ1) is 9.13. The fourth-order valence-electron chi connectivity index (χ4n) is 1.46. The van der Waals surface area contributed by atoms with Gasteiger partial charge in [0.15, 0.2) is 5.13 Å². The summed E-state index contributed by atoms with van der Waals surface area (Å²) >= 11 is 1.26. The predicted octanol–water partition coefficient (Wildman–Crippen LogP) is 1.81. The Balaban J connectivity index is 2.21. The number of carbonyl (C=O) groups is 2. The molecule has 0 bridgehead atoms. The van der Waals surface area contributed by atoms with Crippen molar-refractivity contribution in [3.63, 3.8) is 0 Å². The van der Waals surface area contributed by atoms with Crippen LogP contribution in [0.15, 0.2) is 18.2 Å². The average molecular weight is 280 g/mol. The Labute approximate surface area is 113 Å². The van der Waals surface area contributed by atoms with Crippen molar-refractivity contribution < 1.29 is 19.1 Å². The van der Waals surface area contributed by atoms with Crippen molar-refractivity contribution >= 4 is 38.6 Å². The van der Waals surface area contributed by atoms with Gasteiger partial charge in [0.2, 0.25) is 0 Å². The maximum absolute atomic E-state index is 11.3. The van der Waals surface area contributed by atoms with Gasteiger partial charge in [-0.3, -0.25) is 10.1 Å². The molecule has 7 heteroatoms. The molecule has 0 radical (unpaired) electrons. The van der Waals surface area contributed by atoms with Crippen molar-refractivity contribution in [1.29, 1.82) is 0 Å². The molecule has 1 N–H and O–H groups in total. The van der Waals surface area contributed by atoms with Crippen LogP contribution in [0.2, 0.25) is 0 Å². The highest BCUT2D eigenvalue weighted by Gasteiger charge is 2.16. The van der Waals surface area contributed by atoms with Gasteiger partial charge in [0.25, 0.3) is 0 Å². The molecular formula is C12H12N2O4S. The summed E-state index contributed by atoms with van der Waals surface area (Å²) in [6.07, 6.45) is 0. The zero-order valence-electron chi connectivity index (χ0n) is 10.4. The molecule has 0 aliphatic carbocycles. The van der Waals surface area contributed by atoms with Crippen LogP contribution < -0.4 is 10.1 Å². The molecule has 6 nitrogen and oxygen atoms in total. The minimum Gasteiger partial charge on any atom is -0.494 e. The third-order valence-electron chi connectivity index (χ3n) is 2.26. The van der Waals surface area contributed by atoms with Gasteiger partial charge in [0, 0.05) is 0 Å². The quantitative estimate of drug-likeness (QED) is 0.685. The fraction of sp³-hybridized carbons (Fsp3) is 0.250. The molecule has 0 aliphatic heterocycles. The highest BCUT2D eigenvalue weighted by molar-refractivity contribution is 7.22. The number of fused-ring (bicyclic) bond motifs is 1. The van der Waals surface area contributed by atoms with E-state index in [2.05, 4.69) is 15.0 Å². The van der Waals surface area contributed by atoms with E-state index in [1.165, 1.54) is 11.3 Å². The molecule has 2 aromatic rings. The molecule has 0 aliphatic rings. The molecule has 0 spiro atoms. The van der Waals surface area contributed by atoms with Gasteiger partial charge in [-0.05, 0) is 25.1 Å². The minimum atomic E-state index is -0.950. The van der Waals surface area contributed by atoms with Gasteiger partial charge in [-0.15, -0.1) is 0 Å². The number of nitrogens with one attached hydrogen (secondary N) is 1. The zero-order valence-corrected chi connectivity index (χ0v) is 11.2. The summed E-state index contributed by atoms with van der Waals surface area (Å²) in [6, 6.07) is 5.44. The van der Waals surface area contributed by atoms with E-state index in [0.717, 1.165) is 23.1 Å². The maximum Gasteiger partial charge on any atom is 0.396 e. The molecule has 1 aromatic heterocycles. The van der Waals surface area contributed by atoms with Crippen molar-refractivity contribution in [3.8, 4) is 5.75 Å². The minimum absolute atomic E-state index is 0.346. The van der Waals surface area contributed by atoms with Crippen molar-refractivity contribution in [3.05, 3.63) is 18.2 Å². The topological polar surface area (TPSA) is 77.5 Å². The lowest BCUT2D eigenvalue weighted by Gasteiger charge is -2.00. The van der Waals surface area contributed by atoms with E-state index in [0.29, 0.717) is 11.7 Å². The number of thiazole rings is 1. The third-order valence-corrected chi connectivity index (χ3v) is 3.20. The molecule has 1 amide bonds. The SMILES string of the molecule is CCOc1ccc2nc(NC(=O)C(=O)OC)sc2c1. The highest BCUT2D eigenvalue weighted by Crippen LogP contribution is 2.29. The highest BCUT2D eigenvalue weighted by atomic mass is 32.1. The smallest absolute Gasteiger partial charge is 0.396 e. The van der Waals surface area contributed by atoms with Gasteiger partial charge in [0.1, 0.15) is 5.75 Å². The number of methoxy groups -OCH3 is 1. The van der Waals surface area contributed by atoms with Crippen LogP contribution in [0.25, 0.3) is 10.2 Å². The number of esters is 1. The van der Waals surface area contributed by atoms with Gasteiger partial charge in [-0.1, -0.05) is 11.3 Å². The summed E-state index contributed by atoms with van der Waals surface area (Å²) in [7, 11) is 1.15. The molecule has 100 valence electrons. The largest absolute Gasteiger partial charge is 0.494 e. The van der Waals surface area contributed by atoms with Gasteiger partial charge in [-0.25, -0.2) is 9.78 Å². The lowest BCUT2D eigenvalue weighted by molar-refractivity contribution is -0.150. The number of aromatic nitrogens is 1. The Morgan fingerprint density at radius 2 is 2.21 bits per heavy atom. The normalized spacial score (nSPS) is 10.2. The summed E-state index contributed by atoms with van der Waals surface area (Å²) in [4.78, 5) is 26.5. The molecule has 0 fully saturated rings. The number of nitrogens with zero attached hydrogens (tertiary/aromatic N) is 1. The summed E-state index contributed by atoms with van der Waals surface area (Å²) in [5.74, 6) is -1.05. The van der Waals surface area contributed by atoms with Crippen molar-refractivity contribution in [2.45, 2.75) is 6.92 Å². The Hall–Kier alpha value is -2.15. The fourth-order valence-corrected chi connectivity index (χ4v) is 2.35. The first-order valence-corrected chi connectivity index (χ1v) is 6.38. The molecule has 0 unspecified atom stereocenters. The van der Waals surface area contributed by atoms with E-state index in [1.54, 1.807) is 12.1 Å². The van der Waals surface area contributed by atoms with E-state index in [-0.39, 0.29) is 0 Å². The van der Waals surface area contributed by atoms with Crippen LogP contribution in [-0.4, -0.2) is 30.6 Å². The molecule has 1 aromatic carbocycles. The number of carbonyl (C=O) groups excluding carboxylic acids is 2. The van der Waals surface area contributed by atoms with Gasteiger partial charge < -0.3 is 9.47 Å². The van der Waals surface area contributed by atoms with Gasteiger partial charge >= 0.3 is 11.9 Å². The molecule has 19 heavy (non-hydrogen) atoms. The van der Waals surface area contributed by atoms with Crippen molar-refractivity contribution in [2.75, 3.05) is 19.0 Å². The molecule has 0 saturated carbocycles. The number of hydrogen-bond acceptors (Lipinski definition) is 6. The van der Waals surface area contributed by atoms with E-state index >= 15 is 0 Å². The second-order valence-electron chi connectivity index (χ2n) is 3.53. The lowest BCUT2D eigenvalue weighted by atomic mass is 10.3. The van der Waals surface area contributed by atoms with Gasteiger partial charge in [0.05, 0.1) is 23.9 Å². The van der Waals surface area contributed by atoms with Crippen molar-refractivity contribution in [1.82, 2.24) is 4.98 Å². The Kier molecular flexibility index (Phi) is 3.96. The zero-order chi connectivity index (χ0) is 13.8. The average Bonchev–Trinajstić information content (AvgIpc) is 2.79. The van der Waals surface area contributed by atoms with E-state index < -0.39 is 11.9 Å². The third kappa shape index (κ3) is 3.00. The van der Waals surface area contributed by atoms with Crippen LogP contribution in [0.1, 0.15) is 6.92 Å². The van der Waals surface area contributed by atoms with Gasteiger partial charge in [-0.2, -0.15) is 0 Å². The number of anilines is 1. The van der Waals surface area contributed by atoms with Crippen LogP contribution in [0.4, 0.5) is 5.13 Å². The molecule has 1 heterocycles. The summed E-state index contributed by atoms with van der Waals surface area (Å²) in [5.41, 5.74) is 0.730. The van der Waals surface area contributed by atoms with Crippen LogP contribution >= 0.6 is 11.3 Å². The van der Waals surface area contributed by atoms with E-state index in [9.17, 15) is 9.59 Å². The monoisotopic (exact) mass is 280 g/mol.